The summed E-state index contributed by atoms with van der Waals surface area (Å²) in [5, 5.41) is 2.18. The Balaban J connectivity index is 2.27. The van der Waals surface area contributed by atoms with Crippen molar-refractivity contribution in [1.82, 2.24) is 0 Å². The van der Waals surface area contributed by atoms with Crippen molar-refractivity contribution in [3.8, 4) is 0 Å². The van der Waals surface area contributed by atoms with Gasteiger partial charge in [0.2, 0.25) is 0 Å². The van der Waals surface area contributed by atoms with E-state index in [1.54, 1.807) is 6.92 Å². The minimum atomic E-state index is -0.0666. The molecular formula is C16H14O2. The minimum Gasteiger partial charge on any atom is -0.456 e. The van der Waals surface area contributed by atoms with Crippen molar-refractivity contribution < 1.29 is 9.21 Å². The first-order valence-corrected chi connectivity index (χ1v) is 6.08. The van der Waals surface area contributed by atoms with Crippen LogP contribution in [0.3, 0.4) is 0 Å². The number of rotatable bonds is 2. The highest BCUT2D eigenvalue weighted by molar-refractivity contribution is 6.05. The van der Waals surface area contributed by atoms with Crippen LogP contribution in [0.2, 0.25) is 0 Å². The number of furan rings is 1. The Morgan fingerprint density at radius 1 is 1.06 bits per heavy atom. The third kappa shape index (κ3) is 1.61. The van der Waals surface area contributed by atoms with E-state index in [1.165, 1.54) is 0 Å². The van der Waals surface area contributed by atoms with Gasteiger partial charge in [0.1, 0.15) is 16.9 Å². The van der Waals surface area contributed by atoms with E-state index in [1.807, 2.05) is 43.3 Å². The maximum Gasteiger partial charge on any atom is 0.136 e. The molecule has 3 rings (SSSR count). The maximum absolute atomic E-state index is 11.5. The number of hydrogen-bond donors (Lipinski definition) is 0. The van der Waals surface area contributed by atoms with Crippen LogP contribution >= 0.6 is 0 Å². The molecule has 0 radical (unpaired) electrons. The SMILES string of the molecule is CC(=O)C(C)c1ccc2oc3ccccc3c2c1. The van der Waals surface area contributed by atoms with Gasteiger partial charge in [-0.2, -0.15) is 0 Å². The van der Waals surface area contributed by atoms with Gasteiger partial charge in [-0.15, -0.1) is 0 Å². The van der Waals surface area contributed by atoms with Crippen LogP contribution in [0.15, 0.2) is 46.9 Å². The van der Waals surface area contributed by atoms with Gasteiger partial charge in [-0.3, -0.25) is 4.79 Å². The molecule has 90 valence electrons. The third-order valence-corrected chi connectivity index (χ3v) is 3.51. The van der Waals surface area contributed by atoms with Crippen LogP contribution in [-0.2, 0) is 4.79 Å². The van der Waals surface area contributed by atoms with E-state index < -0.39 is 0 Å². The molecule has 2 heteroatoms. The Bertz CT molecular complexity index is 737. The molecular weight excluding hydrogens is 224 g/mol. The Kier molecular flexibility index (Phi) is 2.44. The molecule has 2 aromatic carbocycles. The predicted molar refractivity (Wildman–Crippen MR) is 72.8 cm³/mol. The zero-order valence-electron chi connectivity index (χ0n) is 10.4. The van der Waals surface area contributed by atoms with Crippen LogP contribution in [0.25, 0.3) is 21.9 Å². The number of carbonyl (C=O) groups is 1. The quantitative estimate of drug-likeness (QED) is 0.667. The van der Waals surface area contributed by atoms with Crippen molar-refractivity contribution in [2.75, 3.05) is 0 Å². The Hall–Kier alpha value is -2.09. The molecule has 3 aromatic rings. The van der Waals surface area contributed by atoms with E-state index in [4.69, 9.17) is 4.42 Å². The summed E-state index contributed by atoms with van der Waals surface area (Å²) in [6.45, 7) is 3.56. The van der Waals surface area contributed by atoms with E-state index in [9.17, 15) is 4.79 Å². The fourth-order valence-corrected chi connectivity index (χ4v) is 2.25. The molecule has 0 saturated carbocycles. The highest BCUT2D eigenvalue weighted by atomic mass is 16.3. The molecule has 0 fully saturated rings. The lowest BCUT2D eigenvalue weighted by Crippen LogP contribution is -2.03. The average molecular weight is 238 g/mol. The van der Waals surface area contributed by atoms with Gasteiger partial charge >= 0.3 is 0 Å². The van der Waals surface area contributed by atoms with Gasteiger partial charge in [-0.1, -0.05) is 31.2 Å². The molecule has 1 heterocycles. The van der Waals surface area contributed by atoms with Crippen molar-refractivity contribution in [2.45, 2.75) is 19.8 Å². The van der Waals surface area contributed by atoms with Crippen molar-refractivity contribution in [2.24, 2.45) is 0 Å². The molecule has 2 nitrogen and oxygen atoms in total. The highest BCUT2D eigenvalue weighted by Crippen LogP contribution is 2.31. The standard InChI is InChI=1S/C16H14O2/c1-10(11(2)17)12-7-8-16-14(9-12)13-5-3-4-6-15(13)18-16/h3-10H,1-2H3. The molecule has 1 unspecified atom stereocenters. The van der Waals surface area contributed by atoms with Crippen LogP contribution < -0.4 is 0 Å². The molecule has 0 saturated heterocycles. The summed E-state index contributed by atoms with van der Waals surface area (Å²) in [5.41, 5.74) is 2.80. The fourth-order valence-electron chi connectivity index (χ4n) is 2.25. The van der Waals surface area contributed by atoms with Gasteiger partial charge in [0.05, 0.1) is 0 Å². The molecule has 0 amide bonds. The van der Waals surface area contributed by atoms with E-state index in [-0.39, 0.29) is 11.7 Å². The van der Waals surface area contributed by atoms with E-state index >= 15 is 0 Å². The maximum atomic E-state index is 11.5. The molecule has 0 spiro atoms. The Morgan fingerprint density at radius 2 is 1.78 bits per heavy atom. The number of carbonyl (C=O) groups excluding carboxylic acids is 1. The second kappa shape index (κ2) is 3.98. The highest BCUT2D eigenvalue weighted by Gasteiger charge is 2.13. The molecule has 0 bridgehead atoms. The summed E-state index contributed by atoms with van der Waals surface area (Å²) in [5.74, 6) is 0.116. The predicted octanol–water partition coefficient (Wildman–Crippen LogP) is 4.28. The largest absolute Gasteiger partial charge is 0.456 e. The zero-order valence-corrected chi connectivity index (χ0v) is 10.4. The van der Waals surface area contributed by atoms with E-state index in [0.717, 1.165) is 27.5 Å². The normalized spacial score (nSPS) is 13.0. The second-order valence-corrected chi connectivity index (χ2v) is 4.69. The lowest BCUT2D eigenvalue weighted by atomic mass is 9.96. The number of benzene rings is 2. The molecule has 1 aromatic heterocycles. The van der Waals surface area contributed by atoms with Gasteiger partial charge in [0.15, 0.2) is 0 Å². The lowest BCUT2D eigenvalue weighted by Gasteiger charge is -2.07. The van der Waals surface area contributed by atoms with Crippen LogP contribution in [0.5, 0.6) is 0 Å². The number of hydrogen-bond acceptors (Lipinski definition) is 2. The Morgan fingerprint density at radius 3 is 2.56 bits per heavy atom. The first-order valence-electron chi connectivity index (χ1n) is 6.08. The van der Waals surface area contributed by atoms with Gasteiger partial charge < -0.3 is 4.42 Å². The zero-order chi connectivity index (χ0) is 12.7. The summed E-state index contributed by atoms with van der Waals surface area (Å²) in [6.07, 6.45) is 0. The molecule has 18 heavy (non-hydrogen) atoms. The van der Waals surface area contributed by atoms with Gasteiger partial charge in [-0.25, -0.2) is 0 Å². The van der Waals surface area contributed by atoms with Crippen LogP contribution in [0.1, 0.15) is 25.3 Å². The summed E-state index contributed by atoms with van der Waals surface area (Å²) in [4.78, 5) is 11.5. The van der Waals surface area contributed by atoms with Crippen LogP contribution in [-0.4, -0.2) is 5.78 Å². The van der Waals surface area contributed by atoms with E-state index in [2.05, 4.69) is 6.07 Å². The number of fused-ring (bicyclic) bond motifs is 3. The molecule has 1 atom stereocenters. The summed E-state index contributed by atoms with van der Waals surface area (Å²) in [6, 6.07) is 13.9. The van der Waals surface area contributed by atoms with Crippen molar-refractivity contribution in [1.29, 1.82) is 0 Å². The minimum absolute atomic E-state index is 0.0666. The topological polar surface area (TPSA) is 30.2 Å². The molecule has 0 aliphatic carbocycles. The third-order valence-electron chi connectivity index (χ3n) is 3.51. The Labute approximate surface area is 105 Å². The van der Waals surface area contributed by atoms with Gasteiger partial charge in [-0.05, 0) is 30.7 Å². The molecule has 0 aliphatic heterocycles. The number of para-hydroxylation sites is 1. The smallest absolute Gasteiger partial charge is 0.136 e. The van der Waals surface area contributed by atoms with Crippen LogP contribution in [0, 0.1) is 0 Å². The van der Waals surface area contributed by atoms with Crippen molar-refractivity contribution in [3.05, 3.63) is 48.0 Å². The summed E-state index contributed by atoms with van der Waals surface area (Å²) >= 11 is 0. The lowest BCUT2D eigenvalue weighted by molar-refractivity contribution is -0.118. The average Bonchev–Trinajstić information content (AvgIpc) is 2.75. The molecule has 0 N–H and O–H groups in total. The monoisotopic (exact) mass is 238 g/mol. The van der Waals surface area contributed by atoms with Crippen LogP contribution in [0.4, 0.5) is 0 Å². The fraction of sp³-hybridized carbons (Fsp3) is 0.188. The first kappa shape index (κ1) is 11.0. The summed E-state index contributed by atoms with van der Waals surface area (Å²) < 4.78 is 5.76. The number of ketones is 1. The van der Waals surface area contributed by atoms with E-state index in [0.29, 0.717) is 0 Å². The van der Waals surface area contributed by atoms with Crippen molar-refractivity contribution >= 4 is 27.7 Å². The van der Waals surface area contributed by atoms with Gasteiger partial charge in [0, 0.05) is 16.7 Å². The van der Waals surface area contributed by atoms with Crippen molar-refractivity contribution in [3.63, 3.8) is 0 Å². The second-order valence-electron chi connectivity index (χ2n) is 4.69. The first-order chi connectivity index (χ1) is 8.66. The summed E-state index contributed by atoms with van der Waals surface area (Å²) in [7, 11) is 0. The number of Topliss-reactive ketones (excluding diaryl/α,β-unsaturated/α-hetero) is 1. The van der Waals surface area contributed by atoms with Gasteiger partial charge in [0.25, 0.3) is 0 Å². The molecule has 0 aliphatic rings.